The lowest BCUT2D eigenvalue weighted by molar-refractivity contribution is 0.605. The molecule has 2 nitrogen and oxygen atoms in total. The first-order chi connectivity index (χ1) is 9.54. The van der Waals surface area contributed by atoms with E-state index in [2.05, 4.69) is 26.9 Å². The molecule has 4 heteroatoms. The van der Waals surface area contributed by atoms with Crippen LogP contribution in [-0.2, 0) is 13.0 Å². The fourth-order valence-corrected chi connectivity index (χ4v) is 3.00. The molecule has 0 aromatic heterocycles. The quantitative estimate of drug-likeness (QED) is 0.840. The number of anilines is 2. The van der Waals surface area contributed by atoms with Gasteiger partial charge in [0.05, 0.1) is 0 Å². The Morgan fingerprint density at radius 1 is 1.30 bits per heavy atom. The van der Waals surface area contributed by atoms with Gasteiger partial charge in [0.15, 0.2) is 0 Å². The SMILES string of the molecule is Cc1cc2c(cc1N)N(Cc1ccc(Br)cc1F)CC2. The molecule has 104 valence electrons. The van der Waals surface area contributed by atoms with Crippen molar-refractivity contribution in [2.24, 2.45) is 0 Å². The Balaban J connectivity index is 1.90. The Labute approximate surface area is 126 Å². The lowest BCUT2D eigenvalue weighted by Gasteiger charge is -2.20. The standard InChI is InChI=1S/C16H16BrFN2/c1-10-6-11-4-5-20(16(11)8-15(10)19)9-12-2-3-13(17)7-14(12)18/h2-3,6-8H,4-5,9,19H2,1H3. The first kappa shape index (κ1) is 13.4. The molecule has 1 heterocycles. The molecular formula is C16H16BrFN2. The van der Waals surface area contributed by atoms with E-state index in [1.165, 1.54) is 11.6 Å². The first-order valence-electron chi connectivity index (χ1n) is 6.62. The number of nitrogens with zero attached hydrogens (tertiary/aromatic N) is 1. The lowest BCUT2D eigenvalue weighted by atomic mass is 10.1. The highest BCUT2D eigenvalue weighted by Crippen LogP contribution is 2.33. The van der Waals surface area contributed by atoms with Crippen molar-refractivity contribution in [1.29, 1.82) is 0 Å². The number of fused-ring (bicyclic) bond motifs is 1. The molecule has 2 aromatic carbocycles. The van der Waals surface area contributed by atoms with Gasteiger partial charge in [-0.2, -0.15) is 0 Å². The van der Waals surface area contributed by atoms with Gasteiger partial charge in [-0.3, -0.25) is 0 Å². The predicted molar refractivity (Wildman–Crippen MR) is 84.4 cm³/mol. The average Bonchev–Trinajstić information content (AvgIpc) is 2.76. The highest BCUT2D eigenvalue weighted by molar-refractivity contribution is 9.10. The second-order valence-electron chi connectivity index (χ2n) is 5.24. The van der Waals surface area contributed by atoms with Crippen molar-refractivity contribution in [2.75, 3.05) is 17.2 Å². The molecule has 2 aromatic rings. The van der Waals surface area contributed by atoms with Crippen molar-refractivity contribution in [3.63, 3.8) is 0 Å². The van der Waals surface area contributed by atoms with Crippen LogP contribution in [0.5, 0.6) is 0 Å². The molecule has 0 spiro atoms. The van der Waals surface area contributed by atoms with Crippen LogP contribution in [0.3, 0.4) is 0 Å². The Morgan fingerprint density at radius 2 is 2.10 bits per heavy atom. The summed E-state index contributed by atoms with van der Waals surface area (Å²) in [5, 5.41) is 0. The highest BCUT2D eigenvalue weighted by atomic mass is 79.9. The largest absolute Gasteiger partial charge is 0.398 e. The summed E-state index contributed by atoms with van der Waals surface area (Å²) in [5.74, 6) is -0.173. The molecule has 0 unspecified atom stereocenters. The Morgan fingerprint density at radius 3 is 2.85 bits per heavy atom. The summed E-state index contributed by atoms with van der Waals surface area (Å²) >= 11 is 3.28. The highest BCUT2D eigenvalue weighted by Gasteiger charge is 2.21. The number of hydrogen-bond donors (Lipinski definition) is 1. The third-order valence-corrected chi connectivity index (χ3v) is 4.33. The Hall–Kier alpha value is -1.55. The average molecular weight is 335 g/mol. The van der Waals surface area contributed by atoms with Gasteiger partial charge in [-0.1, -0.05) is 28.1 Å². The van der Waals surface area contributed by atoms with Gasteiger partial charge in [0.2, 0.25) is 0 Å². The number of benzene rings is 2. The minimum absolute atomic E-state index is 0.173. The van der Waals surface area contributed by atoms with Crippen molar-refractivity contribution in [2.45, 2.75) is 19.9 Å². The molecule has 1 aliphatic heterocycles. The number of rotatable bonds is 2. The zero-order chi connectivity index (χ0) is 14.3. The van der Waals surface area contributed by atoms with Crippen molar-refractivity contribution in [3.8, 4) is 0 Å². The zero-order valence-electron chi connectivity index (χ0n) is 11.3. The molecule has 20 heavy (non-hydrogen) atoms. The molecule has 0 aliphatic carbocycles. The summed E-state index contributed by atoms with van der Waals surface area (Å²) in [4.78, 5) is 2.19. The fraction of sp³-hybridized carbons (Fsp3) is 0.250. The van der Waals surface area contributed by atoms with Gasteiger partial charge < -0.3 is 10.6 Å². The second-order valence-corrected chi connectivity index (χ2v) is 6.16. The Bertz CT molecular complexity index is 670. The summed E-state index contributed by atoms with van der Waals surface area (Å²) in [7, 11) is 0. The van der Waals surface area contributed by atoms with Crippen LogP contribution in [0.4, 0.5) is 15.8 Å². The van der Waals surface area contributed by atoms with E-state index in [1.807, 2.05) is 25.1 Å². The van der Waals surface area contributed by atoms with Crippen LogP contribution < -0.4 is 10.6 Å². The maximum absolute atomic E-state index is 13.9. The fourth-order valence-electron chi connectivity index (χ4n) is 2.66. The Kier molecular flexibility index (Phi) is 3.42. The molecule has 0 saturated carbocycles. The van der Waals surface area contributed by atoms with Crippen molar-refractivity contribution in [3.05, 3.63) is 57.3 Å². The van der Waals surface area contributed by atoms with Crippen LogP contribution in [0.1, 0.15) is 16.7 Å². The molecule has 0 saturated heterocycles. The van der Waals surface area contributed by atoms with E-state index in [0.29, 0.717) is 12.1 Å². The van der Waals surface area contributed by atoms with Gasteiger partial charge in [0.25, 0.3) is 0 Å². The summed E-state index contributed by atoms with van der Waals surface area (Å²) < 4.78 is 14.7. The van der Waals surface area contributed by atoms with Gasteiger partial charge in [0.1, 0.15) is 5.82 Å². The van der Waals surface area contributed by atoms with E-state index in [9.17, 15) is 4.39 Å². The summed E-state index contributed by atoms with van der Waals surface area (Å²) in [6, 6.07) is 9.36. The third kappa shape index (κ3) is 2.40. The second kappa shape index (κ2) is 5.09. The van der Waals surface area contributed by atoms with E-state index in [1.54, 1.807) is 0 Å². The van der Waals surface area contributed by atoms with Gasteiger partial charge in [-0.05, 0) is 42.7 Å². The van der Waals surface area contributed by atoms with Crippen LogP contribution >= 0.6 is 15.9 Å². The number of nitrogen functional groups attached to an aromatic ring is 1. The first-order valence-corrected chi connectivity index (χ1v) is 7.42. The van der Waals surface area contributed by atoms with Gasteiger partial charge in [0, 0.05) is 34.5 Å². The number of halogens is 2. The van der Waals surface area contributed by atoms with Crippen LogP contribution in [-0.4, -0.2) is 6.54 Å². The molecular weight excluding hydrogens is 319 g/mol. The van der Waals surface area contributed by atoms with Gasteiger partial charge in [-0.25, -0.2) is 4.39 Å². The van der Waals surface area contributed by atoms with Crippen LogP contribution in [0.2, 0.25) is 0 Å². The van der Waals surface area contributed by atoms with E-state index < -0.39 is 0 Å². The van der Waals surface area contributed by atoms with Gasteiger partial charge >= 0.3 is 0 Å². The molecule has 3 rings (SSSR count). The van der Waals surface area contributed by atoms with Gasteiger partial charge in [-0.15, -0.1) is 0 Å². The lowest BCUT2D eigenvalue weighted by Crippen LogP contribution is -2.20. The topological polar surface area (TPSA) is 29.3 Å². The maximum Gasteiger partial charge on any atom is 0.129 e. The van der Waals surface area contributed by atoms with Crippen molar-refractivity contribution in [1.82, 2.24) is 0 Å². The molecule has 0 bridgehead atoms. The number of nitrogens with two attached hydrogens (primary N) is 1. The summed E-state index contributed by atoms with van der Waals surface area (Å²) in [5.41, 5.74) is 11.0. The zero-order valence-corrected chi connectivity index (χ0v) is 12.9. The van der Waals surface area contributed by atoms with E-state index in [-0.39, 0.29) is 5.82 Å². The van der Waals surface area contributed by atoms with Crippen LogP contribution in [0.25, 0.3) is 0 Å². The van der Waals surface area contributed by atoms with Crippen LogP contribution in [0, 0.1) is 12.7 Å². The minimum atomic E-state index is -0.173. The normalized spacial score (nSPS) is 13.7. The van der Waals surface area contributed by atoms with Crippen molar-refractivity contribution >= 4 is 27.3 Å². The maximum atomic E-state index is 13.9. The third-order valence-electron chi connectivity index (χ3n) is 3.84. The van der Waals surface area contributed by atoms with Crippen molar-refractivity contribution < 1.29 is 4.39 Å². The predicted octanol–water partition coefficient (Wildman–Crippen LogP) is 4.04. The van der Waals surface area contributed by atoms with E-state index >= 15 is 0 Å². The van der Waals surface area contributed by atoms with E-state index in [0.717, 1.165) is 34.4 Å². The number of hydrogen-bond acceptors (Lipinski definition) is 2. The molecule has 0 amide bonds. The molecule has 0 radical (unpaired) electrons. The summed E-state index contributed by atoms with van der Waals surface area (Å²) in [6.45, 7) is 3.51. The monoisotopic (exact) mass is 334 g/mol. The molecule has 0 fully saturated rings. The van der Waals surface area contributed by atoms with E-state index in [4.69, 9.17) is 5.73 Å². The van der Waals surface area contributed by atoms with Crippen LogP contribution in [0.15, 0.2) is 34.8 Å². The molecule has 1 aliphatic rings. The molecule has 2 N–H and O–H groups in total. The summed E-state index contributed by atoms with van der Waals surface area (Å²) in [6.07, 6.45) is 0.995. The number of aryl methyl sites for hydroxylation is 1. The minimum Gasteiger partial charge on any atom is -0.398 e. The molecule has 0 atom stereocenters. The smallest absolute Gasteiger partial charge is 0.129 e.